The molecule has 0 bridgehead atoms. The van der Waals surface area contributed by atoms with Crippen LogP contribution in [0.4, 0.5) is 11.4 Å². The molecule has 1 aliphatic rings. The number of hydrogen-bond donors (Lipinski definition) is 3. The van der Waals surface area contributed by atoms with E-state index in [2.05, 4.69) is 15.6 Å². The zero-order valence-corrected chi connectivity index (χ0v) is 17.6. The lowest BCUT2D eigenvalue weighted by atomic mass is 9.85. The third kappa shape index (κ3) is 3.67. The Bertz CT molecular complexity index is 1120. The first-order chi connectivity index (χ1) is 14.5. The third-order valence-electron chi connectivity index (χ3n) is 6.13. The normalized spacial score (nSPS) is 18.9. The number of anilines is 2. The van der Waals surface area contributed by atoms with E-state index in [4.69, 9.17) is 4.74 Å². The van der Waals surface area contributed by atoms with Crippen LogP contribution in [-0.4, -0.2) is 29.6 Å². The van der Waals surface area contributed by atoms with Crippen molar-refractivity contribution in [2.75, 3.05) is 24.8 Å². The zero-order chi connectivity index (χ0) is 21.3. The minimum absolute atomic E-state index is 0.0306. The molecule has 0 unspecified atom stereocenters. The van der Waals surface area contributed by atoms with Crippen molar-refractivity contribution in [1.29, 1.82) is 0 Å². The summed E-state index contributed by atoms with van der Waals surface area (Å²) in [4.78, 5) is 28.4. The summed E-state index contributed by atoms with van der Waals surface area (Å²) < 4.78 is 7.20. The molecule has 0 spiro atoms. The molecule has 1 aromatic heterocycles. The molecule has 3 aromatic rings. The van der Waals surface area contributed by atoms with Gasteiger partial charge < -0.3 is 20.4 Å². The molecule has 7 heteroatoms. The summed E-state index contributed by atoms with van der Waals surface area (Å²) in [7, 11) is 3.47. The molecule has 0 aliphatic heterocycles. The number of para-hydroxylation sites is 1. The zero-order valence-electron chi connectivity index (χ0n) is 17.6. The van der Waals surface area contributed by atoms with Crippen LogP contribution in [0.2, 0.25) is 0 Å². The number of nitrogens with one attached hydrogen (secondary N) is 3. The molecule has 1 saturated carbocycles. The standard InChI is InChI=1S/C23H28N4O3/c1-14-7-10-16(13-20(14)30-3)25-22(28)15-8-11-17(12-9-15)27-19-6-4-5-18(24-2)21(19)26-23(27)29/h4-7,10,13,15,17,24H,8-9,11-12H2,1-3H3,(H,25,28)(H,26,29)/t15-,17+. The van der Waals surface area contributed by atoms with Gasteiger partial charge in [-0.05, 0) is 56.4 Å². The molecule has 0 radical (unpaired) electrons. The smallest absolute Gasteiger partial charge is 0.326 e. The SMILES string of the molecule is CNc1cccc2c1[nH]c(=O)n2[C@H]1CC[C@@H](C(=O)Nc2ccc(C)c(OC)c2)CC1. The van der Waals surface area contributed by atoms with Gasteiger partial charge in [0, 0.05) is 30.8 Å². The van der Waals surface area contributed by atoms with Gasteiger partial charge in [0.25, 0.3) is 0 Å². The molecule has 0 atom stereocenters. The van der Waals surface area contributed by atoms with Gasteiger partial charge >= 0.3 is 5.69 Å². The predicted octanol–water partition coefficient (Wildman–Crippen LogP) is 4.06. The Morgan fingerprint density at radius 1 is 1.17 bits per heavy atom. The van der Waals surface area contributed by atoms with Crippen molar-refractivity contribution in [3.05, 3.63) is 52.4 Å². The molecule has 1 amide bonds. The van der Waals surface area contributed by atoms with Crippen molar-refractivity contribution >= 4 is 28.3 Å². The van der Waals surface area contributed by atoms with E-state index in [1.54, 1.807) is 7.11 Å². The quantitative estimate of drug-likeness (QED) is 0.594. The molecule has 3 N–H and O–H groups in total. The van der Waals surface area contributed by atoms with E-state index < -0.39 is 0 Å². The van der Waals surface area contributed by atoms with E-state index in [1.165, 1.54) is 0 Å². The first kappa shape index (κ1) is 20.1. The number of ether oxygens (including phenoxy) is 1. The highest BCUT2D eigenvalue weighted by Gasteiger charge is 2.29. The number of benzene rings is 2. The van der Waals surface area contributed by atoms with E-state index in [1.807, 2.05) is 54.9 Å². The van der Waals surface area contributed by atoms with Gasteiger partial charge in [-0.2, -0.15) is 0 Å². The second-order valence-corrected chi connectivity index (χ2v) is 7.93. The number of rotatable bonds is 5. The molecule has 2 aromatic carbocycles. The highest BCUT2D eigenvalue weighted by atomic mass is 16.5. The molecule has 1 aliphatic carbocycles. The van der Waals surface area contributed by atoms with E-state index in [0.717, 1.165) is 59.4 Å². The summed E-state index contributed by atoms with van der Waals surface area (Å²) in [5.74, 6) is 0.738. The molecule has 1 fully saturated rings. The number of carbonyl (C=O) groups excluding carboxylic acids is 1. The first-order valence-corrected chi connectivity index (χ1v) is 10.4. The maximum absolute atomic E-state index is 12.8. The number of aryl methyl sites for hydroxylation is 1. The Balaban J connectivity index is 1.45. The Labute approximate surface area is 175 Å². The number of H-pyrrole nitrogens is 1. The summed E-state index contributed by atoms with van der Waals surface area (Å²) in [5, 5.41) is 6.14. The summed E-state index contributed by atoms with van der Waals surface area (Å²) in [6, 6.07) is 11.7. The first-order valence-electron chi connectivity index (χ1n) is 10.4. The number of fused-ring (bicyclic) bond motifs is 1. The predicted molar refractivity (Wildman–Crippen MR) is 119 cm³/mol. The second-order valence-electron chi connectivity index (χ2n) is 7.93. The third-order valence-corrected chi connectivity index (χ3v) is 6.13. The maximum atomic E-state index is 12.8. The Kier molecular flexibility index (Phi) is 5.53. The molecule has 7 nitrogen and oxygen atoms in total. The topological polar surface area (TPSA) is 88.2 Å². The molecule has 158 valence electrons. The lowest BCUT2D eigenvalue weighted by Gasteiger charge is -2.28. The summed E-state index contributed by atoms with van der Waals surface area (Å²) >= 11 is 0. The van der Waals surface area contributed by atoms with Gasteiger partial charge in [0.05, 0.1) is 23.8 Å². The number of carbonyl (C=O) groups is 1. The van der Waals surface area contributed by atoms with Gasteiger partial charge in [-0.15, -0.1) is 0 Å². The Morgan fingerprint density at radius 3 is 2.63 bits per heavy atom. The van der Waals surface area contributed by atoms with E-state index in [-0.39, 0.29) is 23.6 Å². The Morgan fingerprint density at radius 2 is 1.93 bits per heavy atom. The fourth-order valence-corrected chi connectivity index (χ4v) is 4.46. The molecular weight excluding hydrogens is 380 g/mol. The molecule has 0 saturated heterocycles. The molecular formula is C23H28N4O3. The van der Waals surface area contributed by atoms with E-state index in [0.29, 0.717) is 0 Å². The monoisotopic (exact) mass is 408 g/mol. The van der Waals surface area contributed by atoms with Crippen LogP contribution in [0.5, 0.6) is 5.75 Å². The minimum Gasteiger partial charge on any atom is -0.496 e. The van der Waals surface area contributed by atoms with Crippen LogP contribution in [0.15, 0.2) is 41.2 Å². The number of imidazole rings is 1. The molecule has 4 rings (SSSR count). The van der Waals surface area contributed by atoms with Crippen LogP contribution in [0.3, 0.4) is 0 Å². The van der Waals surface area contributed by atoms with Gasteiger partial charge in [-0.3, -0.25) is 9.36 Å². The fraction of sp³-hybridized carbons (Fsp3) is 0.391. The van der Waals surface area contributed by atoms with Crippen molar-refractivity contribution in [1.82, 2.24) is 9.55 Å². The number of methoxy groups -OCH3 is 1. The van der Waals surface area contributed by atoms with Gasteiger partial charge in [0.15, 0.2) is 0 Å². The Hall–Kier alpha value is -3.22. The number of nitrogens with zero attached hydrogens (tertiary/aromatic N) is 1. The lowest BCUT2D eigenvalue weighted by molar-refractivity contribution is -0.121. The van der Waals surface area contributed by atoms with Crippen LogP contribution >= 0.6 is 0 Å². The van der Waals surface area contributed by atoms with Crippen LogP contribution in [-0.2, 0) is 4.79 Å². The number of hydrogen-bond acceptors (Lipinski definition) is 4. The fourth-order valence-electron chi connectivity index (χ4n) is 4.46. The van der Waals surface area contributed by atoms with Crippen molar-refractivity contribution in [3.8, 4) is 5.75 Å². The summed E-state index contributed by atoms with van der Waals surface area (Å²) in [6.07, 6.45) is 3.10. The van der Waals surface area contributed by atoms with Crippen molar-refractivity contribution in [2.45, 2.75) is 38.6 Å². The van der Waals surface area contributed by atoms with Crippen molar-refractivity contribution in [2.24, 2.45) is 5.92 Å². The van der Waals surface area contributed by atoms with Gasteiger partial charge in [-0.1, -0.05) is 12.1 Å². The summed E-state index contributed by atoms with van der Waals surface area (Å²) in [5.41, 5.74) is 4.33. The van der Waals surface area contributed by atoms with Crippen LogP contribution in [0.1, 0.15) is 37.3 Å². The van der Waals surface area contributed by atoms with Gasteiger partial charge in [0.1, 0.15) is 5.75 Å². The van der Waals surface area contributed by atoms with Gasteiger partial charge in [-0.25, -0.2) is 4.79 Å². The van der Waals surface area contributed by atoms with Crippen molar-refractivity contribution in [3.63, 3.8) is 0 Å². The highest BCUT2D eigenvalue weighted by Crippen LogP contribution is 2.35. The molecule has 30 heavy (non-hydrogen) atoms. The largest absolute Gasteiger partial charge is 0.496 e. The average molecular weight is 409 g/mol. The highest BCUT2D eigenvalue weighted by molar-refractivity contribution is 5.93. The number of aromatic nitrogens is 2. The summed E-state index contributed by atoms with van der Waals surface area (Å²) in [6.45, 7) is 1.97. The second kappa shape index (κ2) is 8.26. The van der Waals surface area contributed by atoms with Gasteiger partial charge in [0.2, 0.25) is 5.91 Å². The van der Waals surface area contributed by atoms with Crippen molar-refractivity contribution < 1.29 is 9.53 Å². The average Bonchev–Trinajstić information content (AvgIpc) is 3.10. The molecule has 1 heterocycles. The van der Waals surface area contributed by atoms with Crippen LogP contribution in [0.25, 0.3) is 11.0 Å². The lowest BCUT2D eigenvalue weighted by Crippen LogP contribution is -2.31. The maximum Gasteiger partial charge on any atom is 0.326 e. The number of amides is 1. The van der Waals surface area contributed by atoms with E-state index >= 15 is 0 Å². The number of aromatic amines is 1. The van der Waals surface area contributed by atoms with E-state index in [9.17, 15) is 9.59 Å². The van der Waals surface area contributed by atoms with Crippen LogP contribution < -0.4 is 21.1 Å². The van der Waals surface area contributed by atoms with Crippen LogP contribution in [0, 0.1) is 12.8 Å². The minimum atomic E-state index is -0.0904.